The molecule has 35 heavy (non-hydrogen) atoms. The summed E-state index contributed by atoms with van der Waals surface area (Å²) in [5, 5.41) is 8.35. The number of nitrogens with zero attached hydrogens (tertiary/aromatic N) is 1. The Kier molecular flexibility index (Phi) is 12.0. The first-order valence-electron chi connectivity index (χ1n) is 10.6. The van der Waals surface area contributed by atoms with Crippen LogP contribution in [0.15, 0.2) is 30.5 Å². The summed E-state index contributed by atoms with van der Waals surface area (Å²) >= 11 is 0. The van der Waals surface area contributed by atoms with Crippen LogP contribution in [0.25, 0.3) is 11.3 Å². The van der Waals surface area contributed by atoms with E-state index in [9.17, 15) is 39.6 Å². The van der Waals surface area contributed by atoms with Crippen LogP contribution in [0.5, 0.6) is 5.75 Å². The zero-order valence-electron chi connectivity index (χ0n) is 18.7. The highest BCUT2D eigenvalue weighted by atomic mass is 32.2. The van der Waals surface area contributed by atoms with Gasteiger partial charge < -0.3 is 9.29 Å². The molecule has 1 aromatic carbocycles. The van der Waals surface area contributed by atoms with Crippen molar-refractivity contribution in [3.8, 4) is 17.0 Å². The number of alkyl halides is 3. The van der Waals surface area contributed by atoms with Gasteiger partial charge in [0.25, 0.3) is 0 Å². The van der Waals surface area contributed by atoms with Crippen LogP contribution in [0.3, 0.4) is 0 Å². The van der Waals surface area contributed by atoms with Gasteiger partial charge in [-0.3, -0.25) is 9.78 Å². The molecule has 0 atom stereocenters. The molecule has 0 aliphatic carbocycles. The van der Waals surface area contributed by atoms with Gasteiger partial charge in [-0.2, -0.15) is 21.6 Å². The van der Waals surface area contributed by atoms with Gasteiger partial charge in [-0.1, -0.05) is 45.4 Å². The molecule has 1 aromatic heterocycles. The summed E-state index contributed by atoms with van der Waals surface area (Å²) in [6.45, 7) is 2.20. The van der Waals surface area contributed by atoms with Gasteiger partial charge in [-0.05, 0) is 18.6 Å². The number of carboxylic acid groups (broad SMARTS) is 1. The number of aromatic nitrogens is 1. The Balaban J connectivity index is 0.000000434. The molecule has 0 saturated heterocycles. The summed E-state index contributed by atoms with van der Waals surface area (Å²) in [5.74, 6) is -6.09. The van der Waals surface area contributed by atoms with E-state index in [2.05, 4.69) is 16.1 Å². The van der Waals surface area contributed by atoms with E-state index in [1.54, 1.807) is 0 Å². The van der Waals surface area contributed by atoms with E-state index in [1.165, 1.54) is 32.1 Å². The number of unbranched alkanes of at least 4 members (excludes halogenated alkanes) is 6. The fourth-order valence-corrected chi connectivity index (χ4v) is 3.25. The number of halogens is 6. The molecule has 0 aliphatic heterocycles. The van der Waals surface area contributed by atoms with Crippen molar-refractivity contribution in [3.05, 3.63) is 47.9 Å². The Morgan fingerprint density at radius 3 is 2.00 bits per heavy atom. The van der Waals surface area contributed by atoms with Gasteiger partial charge in [0, 0.05) is 24.8 Å². The van der Waals surface area contributed by atoms with E-state index < -0.39 is 56.1 Å². The van der Waals surface area contributed by atoms with Crippen molar-refractivity contribution in [1.82, 2.24) is 4.98 Å². The molecular weight excluding hydrogens is 504 g/mol. The van der Waals surface area contributed by atoms with E-state index in [1.807, 2.05) is 0 Å². The fraction of sp³-hybridized carbons (Fsp3) is 0.455. The second kappa shape index (κ2) is 13.9. The Hall–Kier alpha value is -2.83. The van der Waals surface area contributed by atoms with Gasteiger partial charge in [-0.15, -0.1) is 0 Å². The van der Waals surface area contributed by atoms with Crippen LogP contribution in [-0.4, -0.2) is 30.0 Å². The van der Waals surface area contributed by atoms with Crippen molar-refractivity contribution >= 4 is 16.1 Å². The molecule has 2 aromatic rings. The molecule has 0 bridgehead atoms. The number of hydrogen-bond donors (Lipinski definition) is 1. The number of hydrogen-bond acceptors (Lipinski definition) is 5. The van der Waals surface area contributed by atoms with E-state index in [4.69, 9.17) is 5.11 Å². The first kappa shape index (κ1) is 30.2. The third kappa shape index (κ3) is 10.1. The van der Waals surface area contributed by atoms with Crippen molar-refractivity contribution in [2.24, 2.45) is 0 Å². The predicted octanol–water partition coefficient (Wildman–Crippen LogP) is 6.61. The lowest BCUT2D eigenvalue weighted by Gasteiger charge is -2.11. The molecular formula is C22H25F6NO5S. The highest BCUT2D eigenvalue weighted by Gasteiger charge is 2.48. The molecule has 6 nitrogen and oxygen atoms in total. The van der Waals surface area contributed by atoms with Gasteiger partial charge in [0.05, 0.1) is 5.56 Å². The Labute approximate surface area is 199 Å². The predicted molar refractivity (Wildman–Crippen MR) is 115 cm³/mol. The number of pyridine rings is 1. The van der Waals surface area contributed by atoms with Gasteiger partial charge in [0.2, 0.25) is 0 Å². The number of benzene rings is 1. The van der Waals surface area contributed by atoms with Gasteiger partial charge in [0.1, 0.15) is 28.9 Å². The topological polar surface area (TPSA) is 93.6 Å². The first-order valence-corrected chi connectivity index (χ1v) is 12.0. The SMILES string of the molecule is CCCCCCCCCC(=O)O.O=S(=O)(Oc1cc(F)c(-c2ncccc2F)c(F)c1)C(F)(F)F. The minimum atomic E-state index is -6.09. The van der Waals surface area contributed by atoms with Crippen molar-refractivity contribution in [2.45, 2.75) is 63.8 Å². The Bertz CT molecular complexity index is 1050. The van der Waals surface area contributed by atoms with Crippen molar-refractivity contribution < 1.29 is 48.8 Å². The summed E-state index contributed by atoms with van der Waals surface area (Å²) in [5.41, 5.74) is -7.47. The third-order valence-electron chi connectivity index (χ3n) is 4.49. The molecule has 0 radical (unpaired) electrons. The van der Waals surface area contributed by atoms with Crippen LogP contribution < -0.4 is 4.18 Å². The zero-order valence-corrected chi connectivity index (χ0v) is 19.6. The molecule has 1 N–H and O–H groups in total. The zero-order chi connectivity index (χ0) is 26.6. The summed E-state index contributed by atoms with van der Waals surface area (Å²) < 4.78 is 103. The van der Waals surface area contributed by atoms with E-state index in [-0.39, 0.29) is 12.1 Å². The highest BCUT2D eigenvalue weighted by molar-refractivity contribution is 7.88. The second-order valence-electron chi connectivity index (χ2n) is 7.34. The van der Waals surface area contributed by atoms with Crippen LogP contribution in [0.4, 0.5) is 26.3 Å². The quantitative estimate of drug-likeness (QED) is 0.152. The minimum absolute atomic E-state index is 0.176. The monoisotopic (exact) mass is 529 g/mol. The number of carbonyl (C=O) groups is 1. The normalized spacial score (nSPS) is 11.5. The molecule has 0 unspecified atom stereocenters. The highest BCUT2D eigenvalue weighted by Crippen LogP contribution is 2.32. The molecule has 0 aliphatic rings. The smallest absolute Gasteiger partial charge is 0.481 e. The van der Waals surface area contributed by atoms with Crippen molar-refractivity contribution in [1.29, 1.82) is 0 Å². The molecule has 13 heteroatoms. The maximum Gasteiger partial charge on any atom is 0.534 e. The summed E-state index contributed by atoms with van der Waals surface area (Å²) in [4.78, 5) is 13.6. The standard InChI is InChI=1S/C12H5F6NO3S.C10H20O2/c13-7-2-1-3-19-11(7)10-8(14)4-6(5-9(10)15)22-23(20,21)12(16,17)18;1-2-3-4-5-6-7-8-9-10(11)12/h1-5H;2-9H2,1H3,(H,11,12). The van der Waals surface area contributed by atoms with Gasteiger partial charge >= 0.3 is 21.6 Å². The summed E-state index contributed by atoms with van der Waals surface area (Å²) in [7, 11) is -6.09. The van der Waals surface area contributed by atoms with Gasteiger partial charge in [-0.25, -0.2) is 13.2 Å². The Morgan fingerprint density at radius 2 is 1.51 bits per heavy atom. The summed E-state index contributed by atoms with van der Waals surface area (Å²) in [6.07, 6.45) is 9.68. The molecule has 0 amide bonds. The van der Waals surface area contributed by atoms with Crippen LogP contribution in [0.2, 0.25) is 0 Å². The number of rotatable bonds is 11. The van der Waals surface area contributed by atoms with Crippen molar-refractivity contribution in [3.63, 3.8) is 0 Å². The number of aliphatic carboxylic acids is 1. The van der Waals surface area contributed by atoms with Crippen LogP contribution in [0.1, 0.15) is 58.3 Å². The van der Waals surface area contributed by atoms with E-state index in [0.29, 0.717) is 6.42 Å². The average molecular weight is 529 g/mol. The molecule has 0 fully saturated rings. The molecule has 0 spiro atoms. The minimum Gasteiger partial charge on any atom is -0.481 e. The van der Waals surface area contributed by atoms with Gasteiger partial charge in [0.15, 0.2) is 0 Å². The fourth-order valence-electron chi connectivity index (χ4n) is 2.80. The van der Waals surface area contributed by atoms with E-state index >= 15 is 0 Å². The average Bonchev–Trinajstić information content (AvgIpc) is 2.73. The molecule has 0 saturated carbocycles. The van der Waals surface area contributed by atoms with Crippen LogP contribution in [-0.2, 0) is 14.9 Å². The Morgan fingerprint density at radius 1 is 0.971 bits per heavy atom. The molecule has 196 valence electrons. The van der Waals surface area contributed by atoms with Crippen LogP contribution >= 0.6 is 0 Å². The van der Waals surface area contributed by atoms with Crippen molar-refractivity contribution in [2.75, 3.05) is 0 Å². The lowest BCUT2D eigenvalue weighted by Crippen LogP contribution is -2.28. The lowest BCUT2D eigenvalue weighted by atomic mass is 10.1. The lowest BCUT2D eigenvalue weighted by molar-refractivity contribution is -0.137. The maximum atomic E-state index is 13.8. The summed E-state index contributed by atoms with van der Waals surface area (Å²) in [6, 6.07) is 2.37. The van der Waals surface area contributed by atoms with Crippen LogP contribution in [0, 0.1) is 17.5 Å². The maximum absolute atomic E-state index is 13.8. The van der Waals surface area contributed by atoms with E-state index in [0.717, 1.165) is 31.2 Å². The first-order chi connectivity index (χ1) is 16.3. The largest absolute Gasteiger partial charge is 0.534 e. The number of carboxylic acids is 1. The molecule has 1 heterocycles. The third-order valence-corrected chi connectivity index (χ3v) is 5.47. The molecule has 2 rings (SSSR count). The second-order valence-corrected chi connectivity index (χ2v) is 8.88.